The zero-order chi connectivity index (χ0) is 18.5. The van der Waals surface area contributed by atoms with Crippen molar-refractivity contribution in [2.24, 2.45) is 0 Å². The highest BCUT2D eigenvalue weighted by molar-refractivity contribution is 5.94. The maximum atomic E-state index is 13.6. The van der Waals surface area contributed by atoms with Gasteiger partial charge in [0.15, 0.2) is 0 Å². The van der Waals surface area contributed by atoms with Crippen LogP contribution in [0.2, 0.25) is 0 Å². The van der Waals surface area contributed by atoms with E-state index in [1.807, 2.05) is 30.3 Å². The fourth-order valence-electron chi connectivity index (χ4n) is 2.36. The van der Waals surface area contributed by atoms with Crippen LogP contribution in [0.15, 0.2) is 59.2 Å². The molecular weight excluding hydrogens is 337 g/mol. The summed E-state index contributed by atoms with van der Waals surface area (Å²) in [5.74, 6) is -0.882. The standard InChI is InChI=1S/C19H16FN3O3/c1-12(24)21-17-9-14(7-8-16(17)20)22-18(25)10-15-11-26-19(23-15)13-5-3-2-4-6-13/h2-9,11H,10H2,1H3,(H,21,24)(H,22,25). The number of halogens is 1. The molecular formula is C19H16FN3O3. The third-order valence-electron chi connectivity index (χ3n) is 3.47. The Morgan fingerprint density at radius 2 is 1.88 bits per heavy atom. The first kappa shape index (κ1) is 17.3. The number of carbonyl (C=O) groups excluding carboxylic acids is 2. The highest BCUT2D eigenvalue weighted by Crippen LogP contribution is 2.21. The SMILES string of the molecule is CC(=O)Nc1cc(NC(=O)Cc2coc(-c3ccccc3)n2)ccc1F. The first-order valence-corrected chi connectivity index (χ1v) is 7.88. The summed E-state index contributed by atoms with van der Waals surface area (Å²) in [6.07, 6.45) is 1.43. The summed E-state index contributed by atoms with van der Waals surface area (Å²) in [6.45, 7) is 1.28. The monoisotopic (exact) mass is 353 g/mol. The minimum Gasteiger partial charge on any atom is -0.444 e. The molecule has 26 heavy (non-hydrogen) atoms. The Bertz CT molecular complexity index is 938. The summed E-state index contributed by atoms with van der Waals surface area (Å²) in [4.78, 5) is 27.5. The van der Waals surface area contributed by atoms with E-state index in [0.29, 0.717) is 17.3 Å². The predicted octanol–water partition coefficient (Wildman–Crippen LogP) is 3.62. The molecule has 2 amide bonds. The molecule has 3 aromatic rings. The molecule has 6 nitrogen and oxygen atoms in total. The van der Waals surface area contributed by atoms with Crippen LogP contribution >= 0.6 is 0 Å². The number of carbonyl (C=O) groups is 2. The van der Waals surface area contributed by atoms with Crippen LogP contribution in [0.25, 0.3) is 11.5 Å². The van der Waals surface area contributed by atoms with Gasteiger partial charge in [0.2, 0.25) is 17.7 Å². The van der Waals surface area contributed by atoms with E-state index in [2.05, 4.69) is 15.6 Å². The molecule has 0 aliphatic heterocycles. The lowest BCUT2D eigenvalue weighted by Gasteiger charge is -2.08. The zero-order valence-electron chi connectivity index (χ0n) is 14.0. The second-order valence-corrected chi connectivity index (χ2v) is 5.61. The number of nitrogens with one attached hydrogen (secondary N) is 2. The minimum atomic E-state index is -0.581. The average Bonchev–Trinajstić information content (AvgIpc) is 3.06. The fourth-order valence-corrected chi connectivity index (χ4v) is 2.36. The van der Waals surface area contributed by atoms with E-state index in [1.165, 1.54) is 31.4 Å². The summed E-state index contributed by atoms with van der Waals surface area (Å²) in [7, 11) is 0. The van der Waals surface area contributed by atoms with Gasteiger partial charge in [-0.3, -0.25) is 9.59 Å². The second kappa shape index (κ2) is 7.60. The van der Waals surface area contributed by atoms with Crippen molar-refractivity contribution in [1.82, 2.24) is 4.98 Å². The van der Waals surface area contributed by atoms with Gasteiger partial charge in [0.1, 0.15) is 12.1 Å². The predicted molar refractivity (Wildman–Crippen MR) is 95.0 cm³/mol. The van der Waals surface area contributed by atoms with Gasteiger partial charge in [-0.25, -0.2) is 9.37 Å². The Balaban J connectivity index is 1.66. The molecule has 1 aromatic heterocycles. The van der Waals surface area contributed by atoms with Gasteiger partial charge in [-0.05, 0) is 30.3 Å². The normalized spacial score (nSPS) is 10.4. The number of anilines is 2. The number of amides is 2. The van der Waals surface area contributed by atoms with Crippen LogP contribution in [0, 0.1) is 5.82 Å². The van der Waals surface area contributed by atoms with Crippen LogP contribution in [0.5, 0.6) is 0 Å². The second-order valence-electron chi connectivity index (χ2n) is 5.61. The molecule has 0 aliphatic rings. The molecule has 0 unspecified atom stereocenters. The molecule has 0 radical (unpaired) electrons. The number of rotatable bonds is 5. The van der Waals surface area contributed by atoms with Gasteiger partial charge < -0.3 is 15.1 Å². The molecule has 0 fully saturated rings. The number of oxazole rings is 1. The summed E-state index contributed by atoms with van der Waals surface area (Å²) < 4.78 is 19.0. The van der Waals surface area contributed by atoms with Crippen molar-refractivity contribution >= 4 is 23.2 Å². The van der Waals surface area contributed by atoms with Crippen molar-refractivity contribution in [3.63, 3.8) is 0 Å². The fraction of sp³-hybridized carbons (Fsp3) is 0.105. The quantitative estimate of drug-likeness (QED) is 0.734. The van der Waals surface area contributed by atoms with Crippen LogP contribution in [0.3, 0.4) is 0 Å². The van der Waals surface area contributed by atoms with Crippen molar-refractivity contribution in [2.75, 3.05) is 10.6 Å². The van der Waals surface area contributed by atoms with Gasteiger partial charge in [-0.15, -0.1) is 0 Å². The Hall–Kier alpha value is -3.48. The van der Waals surface area contributed by atoms with Crippen molar-refractivity contribution in [1.29, 1.82) is 0 Å². The van der Waals surface area contributed by atoms with Gasteiger partial charge in [0.25, 0.3) is 0 Å². The first-order valence-electron chi connectivity index (χ1n) is 7.88. The zero-order valence-corrected chi connectivity index (χ0v) is 14.0. The maximum Gasteiger partial charge on any atom is 0.230 e. The van der Waals surface area contributed by atoms with Crippen LogP contribution in [-0.2, 0) is 16.0 Å². The van der Waals surface area contributed by atoms with E-state index in [4.69, 9.17) is 4.42 Å². The molecule has 1 heterocycles. The van der Waals surface area contributed by atoms with Gasteiger partial charge in [0.05, 0.1) is 17.8 Å². The van der Waals surface area contributed by atoms with Crippen LogP contribution in [0.1, 0.15) is 12.6 Å². The minimum absolute atomic E-state index is 0.00287. The summed E-state index contributed by atoms with van der Waals surface area (Å²) in [5, 5.41) is 5.01. The van der Waals surface area contributed by atoms with Crippen LogP contribution < -0.4 is 10.6 Å². The number of benzene rings is 2. The summed E-state index contributed by atoms with van der Waals surface area (Å²) in [5.41, 5.74) is 1.67. The lowest BCUT2D eigenvalue weighted by Crippen LogP contribution is -2.15. The Kier molecular flexibility index (Phi) is 5.07. The molecule has 2 aromatic carbocycles. The Morgan fingerprint density at radius 1 is 1.12 bits per heavy atom. The molecule has 3 rings (SSSR count). The third kappa shape index (κ3) is 4.32. The Morgan fingerprint density at radius 3 is 2.62 bits per heavy atom. The molecule has 7 heteroatoms. The lowest BCUT2D eigenvalue weighted by molar-refractivity contribution is -0.116. The average molecular weight is 353 g/mol. The van der Waals surface area contributed by atoms with E-state index in [0.717, 1.165) is 5.56 Å². The summed E-state index contributed by atoms with van der Waals surface area (Å²) >= 11 is 0. The molecule has 0 spiro atoms. The van der Waals surface area contributed by atoms with Crippen LogP contribution in [0.4, 0.5) is 15.8 Å². The van der Waals surface area contributed by atoms with Crippen molar-refractivity contribution in [2.45, 2.75) is 13.3 Å². The molecule has 0 atom stereocenters. The van der Waals surface area contributed by atoms with E-state index in [-0.39, 0.29) is 18.0 Å². The molecule has 0 saturated heterocycles. The first-order chi connectivity index (χ1) is 12.5. The van der Waals surface area contributed by atoms with Gasteiger partial charge in [-0.2, -0.15) is 0 Å². The highest BCUT2D eigenvalue weighted by atomic mass is 19.1. The summed E-state index contributed by atoms with van der Waals surface area (Å²) in [6, 6.07) is 13.3. The van der Waals surface area contributed by atoms with E-state index in [9.17, 15) is 14.0 Å². The topological polar surface area (TPSA) is 84.2 Å². The van der Waals surface area contributed by atoms with Gasteiger partial charge in [-0.1, -0.05) is 18.2 Å². The smallest absolute Gasteiger partial charge is 0.230 e. The van der Waals surface area contributed by atoms with Crippen molar-refractivity contribution in [3.8, 4) is 11.5 Å². The van der Waals surface area contributed by atoms with E-state index in [1.54, 1.807) is 0 Å². The number of hydrogen-bond acceptors (Lipinski definition) is 4. The van der Waals surface area contributed by atoms with Gasteiger partial charge >= 0.3 is 0 Å². The third-order valence-corrected chi connectivity index (χ3v) is 3.47. The van der Waals surface area contributed by atoms with Crippen molar-refractivity contribution in [3.05, 3.63) is 66.3 Å². The molecule has 132 valence electrons. The van der Waals surface area contributed by atoms with E-state index >= 15 is 0 Å². The van der Waals surface area contributed by atoms with Gasteiger partial charge in [0, 0.05) is 18.2 Å². The number of nitrogens with zero attached hydrogens (tertiary/aromatic N) is 1. The maximum absolute atomic E-state index is 13.6. The van der Waals surface area contributed by atoms with E-state index < -0.39 is 11.7 Å². The van der Waals surface area contributed by atoms with Crippen LogP contribution in [-0.4, -0.2) is 16.8 Å². The highest BCUT2D eigenvalue weighted by Gasteiger charge is 2.12. The molecule has 0 saturated carbocycles. The largest absolute Gasteiger partial charge is 0.444 e. The number of hydrogen-bond donors (Lipinski definition) is 2. The molecule has 0 aliphatic carbocycles. The number of aromatic nitrogens is 1. The van der Waals surface area contributed by atoms with Crippen molar-refractivity contribution < 1.29 is 18.4 Å². The lowest BCUT2D eigenvalue weighted by atomic mass is 10.2. The Labute approximate surface area is 149 Å². The molecule has 0 bridgehead atoms. The molecule has 2 N–H and O–H groups in total.